The van der Waals surface area contributed by atoms with E-state index in [0.29, 0.717) is 29.4 Å². The molecule has 0 saturated carbocycles. The number of benzene rings is 1. The van der Waals surface area contributed by atoms with E-state index in [4.69, 9.17) is 13.9 Å². The van der Waals surface area contributed by atoms with Gasteiger partial charge in [-0.3, -0.25) is 14.5 Å². The quantitative estimate of drug-likeness (QED) is 0.398. The van der Waals surface area contributed by atoms with Gasteiger partial charge < -0.3 is 18.8 Å². The Labute approximate surface area is 227 Å². The summed E-state index contributed by atoms with van der Waals surface area (Å²) in [5.74, 6) is -2.02. The maximum Gasteiger partial charge on any atom is 0.484 e. The predicted octanol–water partition coefficient (Wildman–Crippen LogP) is 4.53. The first-order valence-electron chi connectivity index (χ1n) is 12.4. The molecule has 2 unspecified atom stereocenters. The van der Waals surface area contributed by atoms with Crippen LogP contribution in [0.2, 0.25) is 0 Å². The van der Waals surface area contributed by atoms with Crippen molar-refractivity contribution in [2.75, 3.05) is 32.1 Å². The van der Waals surface area contributed by atoms with E-state index < -0.39 is 17.6 Å². The maximum absolute atomic E-state index is 14.7. The van der Waals surface area contributed by atoms with Gasteiger partial charge in [0.25, 0.3) is 6.01 Å². The molecule has 11 nitrogen and oxygen atoms in total. The molecule has 2 aliphatic rings. The molecule has 210 valence electrons. The Kier molecular flexibility index (Phi) is 6.87. The summed E-state index contributed by atoms with van der Waals surface area (Å²) < 4.78 is 46.1. The summed E-state index contributed by atoms with van der Waals surface area (Å²) in [4.78, 5) is 42.1. The molecule has 1 aromatic carbocycles. The summed E-state index contributed by atoms with van der Waals surface area (Å²) in [5, 5.41) is 2.18. The van der Waals surface area contributed by atoms with Gasteiger partial charge in [0.2, 0.25) is 0 Å². The SMILES string of the molecule is CON(C)C(=O)C(F)(F)Oc1ccc(-c2cscn2)c2oc(N3CC4CCC(C3)N4C(=O)OC(C)(C)C)nc12. The van der Waals surface area contributed by atoms with Crippen LogP contribution in [0.3, 0.4) is 0 Å². The maximum atomic E-state index is 14.7. The lowest BCUT2D eigenvalue weighted by molar-refractivity contribution is -0.231. The van der Waals surface area contributed by atoms with Gasteiger partial charge in [-0.05, 0) is 45.7 Å². The number of hydrogen-bond acceptors (Lipinski definition) is 10. The molecule has 5 rings (SSSR count). The van der Waals surface area contributed by atoms with E-state index >= 15 is 0 Å². The number of likely N-dealkylation sites (N-methyl/N-ethyl adjacent to an activating group) is 1. The van der Waals surface area contributed by atoms with Crippen molar-refractivity contribution in [1.29, 1.82) is 0 Å². The number of anilines is 1. The van der Waals surface area contributed by atoms with Crippen LogP contribution >= 0.6 is 11.3 Å². The summed E-state index contributed by atoms with van der Waals surface area (Å²) in [6.07, 6.45) is -3.00. The number of halogens is 2. The van der Waals surface area contributed by atoms with Crippen LogP contribution in [-0.2, 0) is 14.4 Å². The van der Waals surface area contributed by atoms with Crippen molar-refractivity contribution in [3.63, 3.8) is 0 Å². The van der Waals surface area contributed by atoms with Gasteiger partial charge in [0, 0.05) is 31.1 Å². The molecule has 39 heavy (non-hydrogen) atoms. The molecule has 0 aliphatic carbocycles. The van der Waals surface area contributed by atoms with Crippen LogP contribution in [-0.4, -0.2) is 83.0 Å². The van der Waals surface area contributed by atoms with Gasteiger partial charge in [-0.1, -0.05) is 0 Å². The number of hydrogen-bond donors (Lipinski definition) is 0. The number of hydroxylamine groups is 2. The van der Waals surface area contributed by atoms with Crippen molar-refractivity contribution >= 4 is 40.5 Å². The van der Waals surface area contributed by atoms with Crippen molar-refractivity contribution in [3.05, 3.63) is 23.0 Å². The van der Waals surface area contributed by atoms with Gasteiger partial charge in [-0.25, -0.2) is 14.8 Å². The minimum atomic E-state index is -4.23. The summed E-state index contributed by atoms with van der Waals surface area (Å²) in [5.41, 5.74) is 2.36. The fourth-order valence-corrected chi connectivity index (χ4v) is 5.41. The number of piperazine rings is 1. The fraction of sp³-hybridized carbons (Fsp3) is 0.520. The number of carbonyl (C=O) groups excluding carboxylic acids is 2. The molecule has 2 aromatic heterocycles. The molecule has 4 heterocycles. The Morgan fingerprint density at radius 2 is 1.87 bits per heavy atom. The minimum absolute atomic E-state index is 0.0185. The van der Waals surface area contributed by atoms with E-state index in [1.165, 1.54) is 23.5 Å². The molecule has 0 N–H and O–H groups in total. The van der Waals surface area contributed by atoms with Crippen molar-refractivity contribution in [2.24, 2.45) is 0 Å². The van der Waals surface area contributed by atoms with E-state index in [1.807, 2.05) is 25.7 Å². The molecule has 2 amide bonds. The second-order valence-corrected chi connectivity index (χ2v) is 11.2. The number of carbonyl (C=O) groups is 2. The number of fused-ring (bicyclic) bond motifs is 3. The first-order valence-corrected chi connectivity index (χ1v) is 13.3. The Bertz CT molecular complexity index is 1360. The van der Waals surface area contributed by atoms with E-state index in [9.17, 15) is 18.4 Å². The minimum Gasteiger partial charge on any atom is -0.444 e. The number of oxazole rings is 1. The highest BCUT2D eigenvalue weighted by Gasteiger charge is 2.47. The fourth-order valence-electron chi connectivity index (χ4n) is 4.86. The Morgan fingerprint density at radius 1 is 1.18 bits per heavy atom. The predicted molar refractivity (Wildman–Crippen MR) is 138 cm³/mol. The van der Waals surface area contributed by atoms with Crippen molar-refractivity contribution in [3.8, 4) is 17.0 Å². The standard InChI is InChI=1S/C25H29F2N5O6S/c1-24(2,3)38-23(34)32-14-6-7-15(32)11-31(10-14)22-29-19-18(37-25(26,27)21(33)30(4)35-5)9-8-16(20(19)36-22)17-12-39-13-28-17/h8-9,12-15H,6-7,10-11H2,1-5H3. The molecule has 2 atom stereocenters. The highest BCUT2D eigenvalue weighted by molar-refractivity contribution is 7.07. The number of ether oxygens (including phenoxy) is 2. The highest BCUT2D eigenvalue weighted by Crippen LogP contribution is 2.40. The van der Waals surface area contributed by atoms with Crippen LogP contribution in [0.15, 0.2) is 27.4 Å². The molecule has 2 aliphatic heterocycles. The van der Waals surface area contributed by atoms with Crippen LogP contribution in [0, 0.1) is 0 Å². The van der Waals surface area contributed by atoms with Gasteiger partial charge in [0.1, 0.15) is 5.60 Å². The van der Waals surface area contributed by atoms with E-state index in [0.717, 1.165) is 27.0 Å². The Balaban J connectivity index is 1.48. The molecule has 3 aromatic rings. The number of nitrogens with zero attached hydrogens (tertiary/aromatic N) is 5. The number of amides is 2. The second-order valence-electron chi connectivity index (χ2n) is 10.4. The molecular weight excluding hydrogens is 536 g/mol. The Hall–Kier alpha value is -3.52. The molecule has 2 fully saturated rings. The van der Waals surface area contributed by atoms with Crippen molar-refractivity contribution in [1.82, 2.24) is 19.9 Å². The number of aromatic nitrogens is 2. The van der Waals surface area contributed by atoms with Crippen LogP contribution in [0.4, 0.5) is 19.6 Å². The molecular formula is C25H29F2N5O6S. The average Bonchev–Trinajstić information content (AvgIpc) is 3.60. The first kappa shape index (κ1) is 27.1. The van der Waals surface area contributed by atoms with Gasteiger partial charge >= 0.3 is 18.1 Å². The zero-order chi connectivity index (χ0) is 28.1. The molecule has 2 bridgehead atoms. The number of rotatable bonds is 6. The van der Waals surface area contributed by atoms with E-state index in [2.05, 4.69) is 14.8 Å². The van der Waals surface area contributed by atoms with Crippen LogP contribution in [0.5, 0.6) is 5.75 Å². The number of alkyl halides is 2. The topological polar surface area (TPSA) is 110 Å². The van der Waals surface area contributed by atoms with Crippen molar-refractivity contribution in [2.45, 2.75) is 57.4 Å². The third-order valence-electron chi connectivity index (χ3n) is 6.61. The zero-order valence-corrected chi connectivity index (χ0v) is 23.0. The van der Waals surface area contributed by atoms with Crippen LogP contribution in [0.1, 0.15) is 33.6 Å². The molecule has 2 saturated heterocycles. The van der Waals surface area contributed by atoms with E-state index in [-0.39, 0.29) is 41.0 Å². The number of thiazole rings is 1. The molecule has 0 radical (unpaired) electrons. The summed E-state index contributed by atoms with van der Waals surface area (Å²) in [7, 11) is 2.15. The third-order valence-corrected chi connectivity index (χ3v) is 7.19. The van der Waals surface area contributed by atoms with Crippen LogP contribution in [0.25, 0.3) is 22.4 Å². The largest absolute Gasteiger partial charge is 0.484 e. The van der Waals surface area contributed by atoms with Crippen molar-refractivity contribution < 1.29 is 37.1 Å². The highest BCUT2D eigenvalue weighted by atomic mass is 32.1. The lowest BCUT2D eigenvalue weighted by Crippen LogP contribution is -2.56. The Morgan fingerprint density at radius 3 is 2.46 bits per heavy atom. The zero-order valence-electron chi connectivity index (χ0n) is 22.1. The molecule has 0 spiro atoms. The average molecular weight is 566 g/mol. The first-order chi connectivity index (χ1) is 18.4. The van der Waals surface area contributed by atoms with Gasteiger partial charge in [0.05, 0.1) is 30.4 Å². The molecule has 14 heteroatoms. The lowest BCUT2D eigenvalue weighted by atomic mass is 10.1. The third kappa shape index (κ3) is 5.22. The normalized spacial score (nSPS) is 19.5. The van der Waals surface area contributed by atoms with Gasteiger partial charge in [-0.15, -0.1) is 11.3 Å². The monoisotopic (exact) mass is 565 g/mol. The van der Waals surface area contributed by atoms with Crippen LogP contribution < -0.4 is 9.64 Å². The summed E-state index contributed by atoms with van der Waals surface area (Å²) >= 11 is 1.37. The second kappa shape index (κ2) is 9.90. The smallest absolute Gasteiger partial charge is 0.444 e. The van der Waals surface area contributed by atoms with E-state index in [1.54, 1.807) is 15.8 Å². The lowest BCUT2D eigenvalue weighted by Gasteiger charge is -2.40. The van der Waals surface area contributed by atoms with Gasteiger partial charge in [-0.2, -0.15) is 13.8 Å². The van der Waals surface area contributed by atoms with Gasteiger partial charge in [0.15, 0.2) is 16.8 Å². The summed E-state index contributed by atoms with van der Waals surface area (Å²) in [6, 6.07) is 2.80. The summed E-state index contributed by atoms with van der Waals surface area (Å²) in [6.45, 7) is 6.33.